The fourth-order valence-corrected chi connectivity index (χ4v) is 2.59. The molecule has 1 rings (SSSR count). The summed E-state index contributed by atoms with van der Waals surface area (Å²) in [6.07, 6.45) is -2.77. The van der Waals surface area contributed by atoms with Crippen LogP contribution in [0.15, 0.2) is 0 Å². The van der Waals surface area contributed by atoms with Gasteiger partial charge in [0.25, 0.3) is 0 Å². The van der Waals surface area contributed by atoms with E-state index in [0.29, 0.717) is 0 Å². The molecule has 0 bridgehead atoms. The van der Waals surface area contributed by atoms with Crippen LogP contribution in [0.2, 0.25) is 0 Å². The molecule has 29 heavy (non-hydrogen) atoms. The van der Waals surface area contributed by atoms with Gasteiger partial charge >= 0.3 is 18.3 Å². The Morgan fingerprint density at radius 3 is 1.72 bits per heavy atom. The second-order valence-electron chi connectivity index (χ2n) is 10.2. The molecule has 168 valence electrons. The number of amides is 2. The summed E-state index contributed by atoms with van der Waals surface area (Å²) in [5, 5.41) is 0. The van der Waals surface area contributed by atoms with E-state index in [1.54, 1.807) is 69.4 Å². The van der Waals surface area contributed by atoms with Gasteiger partial charge in [0.15, 0.2) is 0 Å². The molecule has 0 saturated carbocycles. The van der Waals surface area contributed by atoms with Gasteiger partial charge in [-0.15, -0.1) is 0 Å². The largest absolute Gasteiger partial charge is 0.509 e. The summed E-state index contributed by atoms with van der Waals surface area (Å²) >= 11 is 0. The quantitative estimate of drug-likeness (QED) is 0.499. The Morgan fingerprint density at radius 2 is 1.28 bits per heavy atom. The van der Waals surface area contributed by atoms with Gasteiger partial charge in [-0.2, -0.15) is 0 Å². The summed E-state index contributed by atoms with van der Waals surface area (Å²) in [5.41, 5.74) is -2.09. The number of likely N-dealkylation sites (tertiary alicyclic amines) is 1. The second kappa shape index (κ2) is 8.67. The minimum atomic E-state index is -0.865. The zero-order chi connectivity index (χ0) is 22.8. The fourth-order valence-electron chi connectivity index (χ4n) is 2.59. The van der Waals surface area contributed by atoms with Crippen LogP contribution in [0.4, 0.5) is 14.4 Å². The van der Waals surface area contributed by atoms with Crippen molar-refractivity contribution in [2.24, 2.45) is 0 Å². The van der Waals surface area contributed by atoms with Gasteiger partial charge in [-0.25, -0.2) is 14.4 Å². The summed E-state index contributed by atoms with van der Waals surface area (Å²) < 4.78 is 21.5. The molecule has 1 aliphatic rings. The first kappa shape index (κ1) is 24.8. The highest BCUT2D eigenvalue weighted by molar-refractivity contribution is 5.71. The number of ether oxygens (including phenoxy) is 4. The molecular formula is C20H36N2O7. The van der Waals surface area contributed by atoms with Crippen LogP contribution in [-0.2, 0) is 18.9 Å². The van der Waals surface area contributed by atoms with Crippen molar-refractivity contribution < 1.29 is 33.3 Å². The molecule has 1 fully saturated rings. The monoisotopic (exact) mass is 416 g/mol. The van der Waals surface area contributed by atoms with Crippen LogP contribution in [0.25, 0.3) is 0 Å². The molecule has 0 aromatic rings. The number of likely N-dealkylation sites (N-methyl/N-ethyl adjacent to an activating group) is 1. The average molecular weight is 417 g/mol. The van der Waals surface area contributed by atoms with Gasteiger partial charge < -0.3 is 28.7 Å². The third-order valence-corrected chi connectivity index (χ3v) is 3.70. The molecule has 0 spiro atoms. The maximum Gasteiger partial charge on any atom is 0.509 e. The summed E-state index contributed by atoms with van der Waals surface area (Å²) in [4.78, 5) is 39.9. The van der Waals surface area contributed by atoms with E-state index in [1.165, 1.54) is 9.80 Å². The van der Waals surface area contributed by atoms with Gasteiger partial charge in [0.05, 0.1) is 12.6 Å². The van der Waals surface area contributed by atoms with E-state index in [1.807, 2.05) is 0 Å². The van der Waals surface area contributed by atoms with Gasteiger partial charge in [-0.1, -0.05) is 0 Å². The van der Waals surface area contributed by atoms with Crippen molar-refractivity contribution in [3.63, 3.8) is 0 Å². The van der Waals surface area contributed by atoms with Crippen molar-refractivity contribution >= 4 is 18.3 Å². The van der Waals surface area contributed by atoms with E-state index in [-0.39, 0.29) is 13.1 Å². The molecule has 0 aliphatic carbocycles. The highest BCUT2D eigenvalue weighted by atomic mass is 16.7. The lowest BCUT2D eigenvalue weighted by Gasteiger charge is -2.31. The lowest BCUT2D eigenvalue weighted by Crippen LogP contribution is -2.48. The molecule has 9 heteroatoms. The van der Waals surface area contributed by atoms with E-state index < -0.39 is 47.3 Å². The lowest BCUT2D eigenvalue weighted by molar-refractivity contribution is -0.0401. The summed E-state index contributed by atoms with van der Waals surface area (Å²) in [5.74, 6) is 0. The number of rotatable bonds is 2. The van der Waals surface area contributed by atoms with E-state index in [0.717, 1.165) is 0 Å². The number of nitrogens with zero attached hydrogens (tertiary/aromatic N) is 2. The standard InChI is InChI=1S/C20H36N2O7/c1-18(2,3)27-15(23)21(10)13-11-22(16(24)28-19(4,5)6)12-14(13)26-17(25)29-20(7,8)9/h13-14H,11-12H2,1-10H3/t13-,14-/m0/s1. The van der Waals surface area contributed by atoms with E-state index in [4.69, 9.17) is 18.9 Å². The third kappa shape index (κ3) is 8.79. The third-order valence-electron chi connectivity index (χ3n) is 3.70. The fraction of sp³-hybridized carbons (Fsp3) is 0.850. The van der Waals surface area contributed by atoms with Gasteiger partial charge in [0, 0.05) is 13.6 Å². The van der Waals surface area contributed by atoms with Crippen LogP contribution in [0.5, 0.6) is 0 Å². The Hall–Kier alpha value is -2.19. The Morgan fingerprint density at radius 1 is 0.793 bits per heavy atom. The Labute approximate surface area is 173 Å². The molecule has 0 unspecified atom stereocenters. The summed E-state index contributed by atoms with van der Waals surface area (Å²) in [7, 11) is 1.54. The van der Waals surface area contributed by atoms with Crippen LogP contribution in [0.1, 0.15) is 62.3 Å². The maximum absolute atomic E-state index is 12.5. The number of carbonyl (C=O) groups is 3. The van der Waals surface area contributed by atoms with E-state index in [9.17, 15) is 14.4 Å². The average Bonchev–Trinajstić information content (AvgIpc) is 2.84. The predicted octanol–water partition coefficient (Wildman–Crippen LogP) is 3.79. The molecule has 0 N–H and O–H groups in total. The zero-order valence-corrected chi connectivity index (χ0v) is 19.3. The molecule has 0 radical (unpaired) electrons. The Balaban J connectivity index is 2.98. The van der Waals surface area contributed by atoms with Gasteiger partial charge in [0.1, 0.15) is 22.9 Å². The molecule has 9 nitrogen and oxygen atoms in total. The molecule has 2 atom stereocenters. The molecule has 1 heterocycles. The minimum absolute atomic E-state index is 0.0754. The van der Waals surface area contributed by atoms with Crippen molar-refractivity contribution in [1.82, 2.24) is 9.80 Å². The Kier molecular flexibility index (Phi) is 7.43. The number of hydrogen-bond acceptors (Lipinski definition) is 7. The normalized spacial score (nSPS) is 20.1. The van der Waals surface area contributed by atoms with Crippen LogP contribution >= 0.6 is 0 Å². The van der Waals surface area contributed by atoms with E-state index >= 15 is 0 Å². The summed E-state index contributed by atoms with van der Waals surface area (Å²) in [6, 6.07) is -0.607. The van der Waals surface area contributed by atoms with E-state index in [2.05, 4.69) is 0 Å². The van der Waals surface area contributed by atoms with Crippen molar-refractivity contribution in [3.8, 4) is 0 Å². The molecule has 2 amide bonds. The number of hydrogen-bond donors (Lipinski definition) is 0. The highest BCUT2D eigenvalue weighted by Crippen LogP contribution is 2.24. The number of carbonyl (C=O) groups excluding carboxylic acids is 3. The van der Waals surface area contributed by atoms with Crippen molar-refractivity contribution in [1.29, 1.82) is 0 Å². The van der Waals surface area contributed by atoms with Crippen molar-refractivity contribution in [2.45, 2.75) is 91.3 Å². The molecule has 0 aromatic carbocycles. The molecular weight excluding hydrogens is 380 g/mol. The highest BCUT2D eigenvalue weighted by Gasteiger charge is 2.44. The lowest BCUT2D eigenvalue weighted by atomic mass is 10.2. The summed E-state index contributed by atoms with van der Waals surface area (Å²) in [6.45, 7) is 15.9. The Bertz CT molecular complexity index is 614. The van der Waals surface area contributed by atoms with Crippen LogP contribution in [0, 0.1) is 0 Å². The van der Waals surface area contributed by atoms with Crippen molar-refractivity contribution in [2.75, 3.05) is 20.1 Å². The minimum Gasteiger partial charge on any atom is -0.444 e. The first-order valence-corrected chi connectivity index (χ1v) is 9.71. The predicted molar refractivity (Wildman–Crippen MR) is 107 cm³/mol. The van der Waals surface area contributed by atoms with Gasteiger partial charge in [-0.3, -0.25) is 0 Å². The van der Waals surface area contributed by atoms with Crippen LogP contribution in [0.3, 0.4) is 0 Å². The maximum atomic E-state index is 12.5. The first-order chi connectivity index (χ1) is 12.9. The SMILES string of the molecule is CN(C(=O)OC(C)(C)C)[C@H]1CN(C(=O)OC(C)(C)C)C[C@@H]1OC(=O)OC(C)(C)C. The molecule has 0 aromatic heterocycles. The first-order valence-electron chi connectivity index (χ1n) is 9.71. The second-order valence-corrected chi connectivity index (χ2v) is 10.2. The van der Waals surface area contributed by atoms with Crippen LogP contribution < -0.4 is 0 Å². The van der Waals surface area contributed by atoms with Crippen molar-refractivity contribution in [3.05, 3.63) is 0 Å². The zero-order valence-electron chi connectivity index (χ0n) is 19.3. The van der Waals surface area contributed by atoms with Gasteiger partial charge in [-0.05, 0) is 62.3 Å². The van der Waals surface area contributed by atoms with Gasteiger partial charge in [0.2, 0.25) is 0 Å². The molecule has 1 aliphatic heterocycles. The topological polar surface area (TPSA) is 94.6 Å². The van der Waals surface area contributed by atoms with Crippen LogP contribution in [-0.4, -0.2) is 77.2 Å². The molecule has 1 saturated heterocycles. The smallest absolute Gasteiger partial charge is 0.444 e.